The Kier molecular flexibility index (Phi) is 7200. The Labute approximate surface area is 37.0 Å². The molecule has 0 rings (SSSR count). The van der Waals surface area contributed by atoms with E-state index >= 15 is 0 Å². The van der Waals surface area contributed by atoms with Gasteiger partial charge < -0.3 is 11.6 Å². The molecular weight excluding hydrogens is 97.0 g/mol. The largest absolute Gasteiger partial charge is 0.412 e. The van der Waals surface area contributed by atoms with Crippen LogP contribution in [0, 0.1) is 0 Å². The van der Waals surface area contributed by atoms with Gasteiger partial charge in [0.2, 0.25) is 0 Å². The molecule has 0 aromatic carbocycles. The van der Waals surface area contributed by atoms with E-state index in [0.29, 0.717) is 0 Å². The number of hydrogen-bond acceptors (Lipinski definition) is 1. The van der Waals surface area contributed by atoms with Gasteiger partial charge in [0.25, 0.3) is 0 Å². The molecule has 0 aliphatic rings. The van der Waals surface area contributed by atoms with Gasteiger partial charge in [-0.15, -0.1) is 0 Å². The summed E-state index contributed by atoms with van der Waals surface area (Å²) in [4.78, 5) is 0. The predicted molar refractivity (Wildman–Crippen MR) is 15.4 cm³/mol. The van der Waals surface area contributed by atoms with E-state index in [4.69, 9.17) is 0 Å². The SMILES string of the molecule is C.N.O.[Mn]. The summed E-state index contributed by atoms with van der Waals surface area (Å²) < 4.78 is 0. The van der Waals surface area contributed by atoms with Crippen LogP contribution >= 0.6 is 0 Å². The van der Waals surface area contributed by atoms with E-state index < -0.39 is 0 Å². The molecule has 0 aromatic rings. The first-order valence-corrected chi connectivity index (χ1v) is 0. The quantitative estimate of drug-likeness (QED) is 0.433. The van der Waals surface area contributed by atoms with Crippen LogP contribution in [-0.4, -0.2) is 5.48 Å². The van der Waals surface area contributed by atoms with E-state index in [1.54, 1.807) is 0 Å². The van der Waals surface area contributed by atoms with Gasteiger partial charge in [0.1, 0.15) is 0 Å². The Bertz CT molecular complexity index is 8.00. The minimum absolute atomic E-state index is 0. The van der Waals surface area contributed by atoms with Crippen molar-refractivity contribution in [2.45, 2.75) is 7.43 Å². The van der Waals surface area contributed by atoms with Gasteiger partial charge >= 0.3 is 0 Å². The van der Waals surface area contributed by atoms with Gasteiger partial charge in [-0.2, -0.15) is 0 Å². The molecule has 5 N–H and O–H groups in total. The minimum atomic E-state index is 0. The first-order chi connectivity index (χ1) is 0. The molecule has 0 unspecified atom stereocenters. The van der Waals surface area contributed by atoms with Crippen molar-refractivity contribution in [2.75, 3.05) is 0 Å². The molecule has 0 heterocycles. The van der Waals surface area contributed by atoms with E-state index in [9.17, 15) is 0 Å². The molecule has 0 spiro atoms. The molecule has 3 heteroatoms. The molecule has 0 saturated carbocycles. The molecule has 2 nitrogen and oxygen atoms in total. The van der Waals surface area contributed by atoms with Crippen molar-refractivity contribution in [3.63, 3.8) is 0 Å². The van der Waals surface area contributed by atoms with E-state index in [-0.39, 0.29) is 36.1 Å². The summed E-state index contributed by atoms with van der Waals surface area (Å²) in [7, 11) is 0. The standard InChI is InChI=1S/CH4.Mn.H3N.H2O/h1H4;;1H3;1H2. The summed E-state index contributed by atoms with van der Waals surface area (Å²) in [5.41, 5.74) is 0. The van der Waals surface area contributed by atoms with Crippen molar-refractivity contribution in [1.29, 1.82) is 0 Å². The molecule has 0 fully saturated rings. The number of hydrogen-bond donors (Lipinski definition) is 1. The summed E-state index contributed by atoms with van der Waals surface area (Å²) in [6.45, 7) is 0. The average Bonchev–Trinajstić information content (AvgIpc) is 0. The second kappa shape index (κ2) is 106. The van der Waals surface area contributed by atoms with E-state index in [1.165, 1.54) is 0 Å². The van der Waals surface area contributed by atoms with Crippen LogP contribution in [0.2, 0.25) is 0 Å². The third-order valence-electron chi connectivity index (χ3n) is 0. The molecule has 1 radical (unpaired) electrons. The fourth-order valence-corrected chi connectivity index (χ4v) is 0. The molecule has 0 atom stereocenters. The van der Waals surface area contributed by atoms with Crippen molar-refractivity contribution in [2.24, 2.45) is 0 Å². The van der Waals surface area contributed by atoms with Crippen LogP contribution in [0.1, 0.15) is 7.43 Å². The molecule has 0 saturated heterocycles. The third kappa shape index (κ3) is 26.2. The van der Waals surface area contributed by atoms with Crippen molar-refractivity contribution in [1.82, 2.24) is 6.15 Å². The van der Waals surface area contributed by atoms with Gasteiger partial charge in [-0.05, 0) is 0 Å². The van der Waals surface area contributed by atoms with E-state index in [0.717, 1.165) is 0 Å². The van der Waals surface area contributed by atoms with Crippen molar-refractivity contribution in [3.8, 4) is 0 Å². The average molecular weight is 106 g/mol. The maximum absolute atomic E-state index is 0. The maximum atomic E-state index is 0. The topological polar surface area (TPSA) is 66.5 Å². The van der Waals surface area contributed by atoms with E-state index in [1.807, 2.05) is 0 Å². The molecule has 0 aromatic heterocycles. The fourth-order valence-electron chi connectivity index (χ4n) is 0. The van der Waals surface area contributed by atoms with Crippen molar-refractivity contribution >= 4 is 0 Å². The monoisotopic (exact) mass is 106 g/mol. The normalized spacial score (nSPS) is 0. The summed E-state index contributed by atoms with van der Waals surface area (Å²) in [6, 6.07) is 0. The summed E-state index contributed by atoms with van der Waals surface area (Å²) in [6.07, 6.45) is 0. The molecular formula is CH9MnNO. The van der Waals surface area contributed by atoms with Gasteiger partial charge in [0.15, 0.2) is 0 Å². The molecule has 0 bridgehead atoms. The van der Waals surface area contributed by atoms with Crippen LogP contribution in [-0.2, 0) is 17.1 Å². The fraction of sp³-hybridized carbons (Fsp3) is 1.00. The Hall–Kier alpha value is 0.439. The van der Waals surface area contributed by atoms with Crippen molar-refractivity contribution < 1.29 is 22.5 Å². The summed E-state index contributed by atoms with van der Waals surface area (Å²) >= 11 is 0. The molecule has 31 valence electrons. The molecule has 0 aliphatic carbocycles. The zero-order chi connectivity index (χ0) is 0. The van der Waals surface area contributed by atoms with Crippen LogP contribution in [0.4, 0.5) is 0 Å². The van der Waals surface area contributed by atoms with Crippen LogP contribution in [0.25, 0.3) is 0 Å². The first kappa shape index (κ1) is 272. The Morgan fingerprint density at radius 2 is 1.00 bits per heavy atom. The maximum Gasteiger partial charge on any atom is 0 e. The van der Waals surface area contributed by atoms with Gasteiger partial charge in [-0.1, -0.05) is 7.43 Å². The van der Waals surface area contributed by atoms with E-state index in [2.05, 4.69) is 0 Å². The Morgan fingerprint density at radius 1 is 1.00 bits per heavy atom. The minimum Gasteiger partial charge on any atom is -0.412 e. The third-order valence-corrected chi connectivity index (χ3v) is 0. The number of rotatable bonds is 0. The second-order valence-corrected chi connectivity index (χ2v) is 0. The van der Waals surface area contributed by atoms with Gasteiger partial charge in [-0.25, -0.2) is 0 Å². The molecule has 4 heavy (non-hydrogen) atoms. The predicted octanol–water partition coefficient (Wildman–Crippen LogP) is -0.0291. The zero-order valence-electron chi connectivity index (χ0n) is 1.59. The zero-order valence-corrected chi connectivity index (χ0v) is 2.77. The second-order valence-electron chi connectivity index (χ2n) is 0. The van der Waals surface area contributed by atoms with Crippen LogP contribution < -0.4 is 6.15 Å². The summed E-state index contributed by atoms with van der Waals surface area (Å²) in [5.74, 6) is 0. The molecule has 0 amide bonds. The van der Waals surface area contributed by atoms with Gasteiger partial charge in [-0.3, -0.25) is 0 Å². The van der Waals surface area contributed by atoms with Crippen LogP contribution in [0.5, 0.6) is 0 Å². The first-order valence-electron chi connectivity index (χ1n) is 0. The van der Waals surface area contributed by atoms with Crippen LogP contribution in [0.15, 0.2) is 0 Å². The van der Waals surface area contributed by atoms with Gasteiger partial charge in [0, 0.05) is 17.1 Å². The Morgan fingerprint density at radius 3 is 1.00 bits per heavy atom. The smallest absolute Gasteiger partial charge is 0 e. The van der Waals surface area contributed by atoms with Gasteiger partial charge in [0.05, 0.1) is 0 Å². The van der Waals surface area contributed by atoms with Crippen LogP contribution in [0.3, 0.4) is 0 Å². The van der Waals surface area contributed by atoms with Crippen molar-refractivity contribution in [3.05, 3.63) is 0 Å². The Balaban J connectivity index is 0. The summed E-state index contributed by atoms with van der Waals surface area (Å²) in [5, 5.41) is 0. The molecule has 0 aliphatic heterocycles.